The van der Waals surface area contributed by atoms with Crippen molar-refractivity contribution < 1.29 is 0 Å². The van der Waals surface area contributed by atoms with E-state index in [0.717, 1.165) is 36.5 Å². The maximum absolute atomic E-state index is 3.82. The zero-order valence-electron chi connectivity index (χ0n) is 14.7. The van der Waals surface area contributed by atoms with Gasteiger partial charge in [0.1, 0.15) is 0 Å². The van der Waals surface area contributed by atoms with Gasteiger partial charge in [-0.3, -0.25) is 0 Å². The summed E-state index contributed by atoms with van der Waals surface area (Å²) in [7, 11) is 0. The summed E-state index contributed by atoms with van der Waals surface area (Å²) in [5.74, 6) is 3.65. The van der Waals surface area contributed by atoms with Gasteiger partial charge in [0.25, 0.3) is 0 Å². The Labute approximate surface area is 142 Å². The third-order valence-electron chi connectivity index (χ3n) is 6.21. The highest BCUT2D eigenvalue weighted by Crippen LogP contribution is 2.47. The summed E-state index contributed by atoms with van der Waals surface area (Å²) in [5, 5.41) is 0. The van der Waals surface area contributed by atoms with Crippen LogP contribution in [0.1, 0.15) is 68.9 Å². The molecule has 0 heterocycles. The van der Waals surface area contributed by atoms with Crippen LogP contribution in [0.5, 0.6) is 0 Å². The average molecular weight is 309 g/mol. The Balaban J connectivity index is 1.58. The first kappa shape index (κ1) is 16.6. The van der Waals surface area contributed by atoms with Crippen LogP contribution in [0.2, 0.25) is 0 Å². The molecule has 0 nitrogen and oxygen atoms in total. The van der Waals surface area contributed by atoms with Gasteiger partial charge in [-0.05, 0) is 93.1 Å². The number of hydrogen-bond acceptors (Lipinski definition) is 0. The lowest BCUT2D eigenvalue weighted by atomic mass is 9.64. The van der Waals surface area contributed by atoms with Crippen LogP contribution in [0.15, 0.2) is 49.1 Å². The second kappa shape index (κ2) is 7.99. The first-order valence-electron chi connectivity index (χ1n) is 9.62. The molecule has 0 aliphatic heterocycles. The van der Waals surface area contributed by atoms with E-state index in [1.807, 2.05) is 6.08 Å². The fourth-order valence-corrected chi connectivity index (χ4v) is 4.90. The highest BCUT2D eigenvalue weighted by molar-refractivity contribution is 5.26. The monoisotopic (exact) mass is 308 g/mol. The first-order valence-corrected chi connectivity index (χ1v) is 9.62. The molecular weight excluding hydrogens is 276 g/mol. The van der Waals surface area contributed by atoms with Crippen LogP contribution in [-0.4, -0.2) is 0 Å². The van der Waals surface area contributed by atoms with Crippen molar-refractivity contribution in [3.8, 4) is 0 Å². The third kappa shape index (κ3) is 4.16. The van der Waals surface area contributed by atoms with Gasteiger partial charge >= 0.3 is 0 Å². The van der Waals surface area contributed by atoms with E-state index >= 15 is 0 Å². The minimum Gasteiger partial charge on any atom is -0.103 e. The molecule has 1 aromatic carbocycles. The van der Waals surface area contributed by atoms with Crippen LogP contribution in [0.4, 0.5) is 0 Å². The summed E-state index contributed by atoms with van der Waals surface area (Å²) in [5.41, 5.74) is 3.04. The second-order valence-electron chi connectivity index (χ2n) is 7.70. The molecule has 2 saturated carbocycles. The van der Waals surface area contributed by atoms with Crippen molar-refractivity contribution in [3.05, 3.63) is 60.2 Å². The van der Waals surface area contributed by atoms with Crippen molar-refractivity contribution in [3.63, 3.8) is 0 Å². The standard InChI is InChI=1S/C23H32/c1-3-5-7-18-8-11-20(12-9-18)22-15-14-21-16-19(6-4-2)10-13-23(21)17-22/h3-4,6,8-9,11-12,19,21-23H,1,5,7,10,13-17H2,2H3/t19-,21-,22?,23-/m1/s1. The molecule has 2 fully saturated rings. The van der Waals surface area contributed by atoms with E-state index in [4.69, 9.17) is 0 Å². The number of hydrogen-bond donors (Lipinski definition) is 0. The van der Waals surface area contributed by atoms with E-state index in [9.17, 15) is 0 Å². The molecule has 0 heteroatoms. The Kier molecular flexibility index (Phi) is 5.75. The van der Waals surface area contributed by atoms with E-state index < -0.39 is 0 Å². The van der Waals surface area contributed by atoms with Crippen molar-refractivity contribution in [2.75, 3.05) is 0 Å². The normalized spacial score (nSPS) is 31.0. The molecule has 0 bridgehead atoms. The number of fused-ring (bicyclic) bond motifs is 1. The molecule has 2 aliphatic carbocycles. The zero-order chi connectivity index (χ0) is 16.1. The molecule has 3 rings (SSSR count). The van der Waals surface area contributed by atoms with Gasteiger partial charge in [0.05, 0.1) is 0 Å². The SMILES string of the molecule is C=CCCc1ccc(C2CC[C@@H]3C[C@H](C=CC)CC[C@@H]3C2)cc1. The van der Waals surface area contributed by atoms with Gasteiger partial charge in [-0.2, -0.15) is 0 Å². The van der Waals surface area contributed by atoms with Gasteiger partial charge in [0.2, 0.25) is 0 Å². The molecule has 2 aliphatic rings. The van der Waals surface area contributed by atoms with E-state index in [1.165, 1.54) is 44.1 Å². The largest absolute Gasteiger partial charge is 0.103 e. The Morgan fingerprint density at radius 2 is 1.74 bits per heavy atom. The Morgan fingerprint density at radius 3 is 2.48 bits per heavy atom. The highest BCUT2D eigenvalue weighted by atomic mass is 14.4. The molecule has 4 atom stereocenters. The quantitative estimate of drug-likeness (QED) is 0.532. The number of allylic oxidation sites excluding steroid dienone is 3. The lowest BCUT2D eigenvalue weighted by Crippen LogP contribution is -2.30. The van der Waals surface area contributed by atoms with Crippen LogP contribution in [0, 0.1) is 17.8 Å². The van der Waals surface area contributed by atoms with Crippen LogP contribution in [0.25, 0.3) is 0 Å². The van der Waals surface area contributed by atoms with Crippen LogP contribution in [-0.2, 0) is 6.42 Å². The van der Waals surface area contributed by atoms with Gasteiger partial charge < -0.3 is 0 Å². The molecule has 0 aromatic heterocycles. The molecule has 0 N–H and O–H groups in total. The van der Waals surface area contributed by atoms with E-state index in [0.29, 0.717) is 0 Å². The fraction of sp³-hybridized carbons (Fsp3) is 0.565. The van der Waals surface area contributed by atoms with Crippen LogP contribution < -0.4 is 0 Å². The van der Waals surface area contributed by atoms with E-state index in [1.54, 1.807) is 5.56 Å². The number of rotatable bonds is 5. The van der Waals surface area contributed by atoms with Crippen LogP contribution >= 0.6 is 0 Å². The van der Waals surface area contributed by atoms with Crippen molar-refractivity contribution in [1.29, 1.82) is 0 Å². The molecule has 0 saturated heterocycles. The number of benzene rings is 1. The summed E-state index contributed by atoms with van der Waals surface area (Å²) in [6.07, 6.45) is 17.5. The molecular formula is C23H32. The van der Waals surface area contributed by atoms with Gasteiger partial charge in [-0.1, -0.05) is 42.5 Å². The summed E-state index contributed by atoms with van der Waals surface area (Å²) < 4.78 is 0. The summed E-state index contributed by atoms with van der Waals surface area (Å²) in [6.45, 7) is 5.99. The van der Waals surface area contributed by atoms with Crippen molar-refractivity contribution >= 4 is 0 Å². The van der Waals surface area contributed by atoms with Crippen molar-refractivity contribution in [2.24, 2.45) is 17.8 Å². The van der Waals surface area contributed by atoms with E-state index in [-0.39, 0.29) is 0 Å². The third-order valence-corrected chi connectivity index (χ3v) is 6.21. The smallest absolute Gasteiger partial charge is 0.0159 e. The first-order chi connectivity index (χ1) is 11.3. The topological polar surface area (TPSA) is 0 Å². The molecule has 1 unspecified atom stereocenters. The van der Waals surface area contributed by atoms with Gasteiger partial charge in [0, 0.05) is 0 Å². The molecule has 23 heavy (non-hydrogen) atoms. The Hall–Kier alpha value is -1.30. The predicted molar refractivity (Wildman–Crippen MR) is 101 cm³/mol. The summed E-state index contributed by atoms with van der Waals surface area (Å²) in [6, 6.07) is 9.48. The van der Waals surface area contributed by atoms with Gasteiger partial charge in [0.15, 0.2) is 0 Å². The minimum atomic E-state index is 0.808. The predicted octanol–water partition coefficient (Wildman–Crippen LogP) is 6.68. The second-order valence-corrected chi connectivity index (χ2v) is 7.70. The lowest BCUT2D eigenvalue weighted by Gasteiger charge is -2.41. The maximum Gasteiger partial charge on any atom is -0.0159 e. The van der Waals surface area contributed by atoms with Crippen LogP contribution in [0.3, 0.4) is 0 Å². The molecule has 1 aromatic rings. The van der Waals surface area contributed by atoms with Gasteiger partial charge in [-0.25, -0.2) is 0 Å². The zero-order valence-corrected chi connectivity index (χ0v) is 14.7. The molecule has 0 amide bonds. The summed E-state index contributed by atoms with van der Waals surface area (Å²) in [4.78, 5) is 0. The number of aryl methyl sites for hydroxylation is 1. The van der Waals surface area contributed by atoms with Crippen molar-refractivity contribution in [2.45, 2.75) is 64.2 Å². The molecule has 124 valence electrons. The van der Waals surface area contributed by atoms with E-state index in [2.05, 4.69) is 49.9 Å². The Morgan fingerprint density at radius 1 is 1.00 bits per heavy atom. The Bertz CT molecular complexity index is 521. The lowest BCUT2D eigenvalue weighted by molar-refractivity contribution is 0.133. The average Bonchev–Trinajstić information content (AvgIpc) is 2.60. The highest BCUT2D eigenvalue weighted by Gasteiger charge is 2.35. The minimum absolute atomic E-state index is 0.808. The van der Waals surface area contributed by atoms with Gasteiger partial charge in [-0.15, -0.1) is 6.58 Å². The maximum atomic E-state index is 3.82. The molecule has 0 radical (unpaired) electrons. The summed E-state index contributed by atoms with van der Waals surface area (Å²) >= 11 is 0. The van der Waals surface area contributed by atoms with Crippen molar-refractivity contribution in [1.82, 2.24) is 0 Å². The fourth-order valence-electron chi connectivity index (χ4n) is 4.90. The molecule has 0 spiro atoms.